The molecule has 0 amide bonds. The summed E-state index contributed by atoms with van der Waals surface area (Å²) in [5.74, 6) is 0.761. The molecule has 2 heteroatoms. The van der Waals surface area contributed by atoms with E-state index < -0.39 is 0 Å². The Morgan fingerprint density at radius 2 is 2.00 bits per heavy atom. The molecule has 0 N–H and O–H groups in total. The molecule has 2 aliphatic rings. The van der Waals surface area contributed by atoms with Gasteiger partial charge in [0, 0.05) is 13.2 Å². The molecule has 0 spiro atoms. The zero-order chi connectivity index (χ0) is 12.8. The van der Waals surface area contributed by atoms with Crippen molar-refractivity contribution in [1.29, 1.82) is 0 Å². The van der Waals surface area contributed by atoms with Crippen molar-refractivity contribution in [1.82, 2.24) is 0 Å². The van der Waals surface area contributed by atoms with Crippen molar-refractivity contribution in [3.05, 3.63) is 12.2 Å². The van der Waals surface area contributed by atoms with Crippen molar-refractivity contribution in [3.63, 3.8) is 0 Å². The predicted octanol–water partition coefficient (Wildman–Crippen LogP) is 4.10. The lowest BCUT2D eigenvalue weighted by Gasteiger charge is -2.18. The van der Waals surface area contributed by atoms with Gasteiger partial charge in [-0.2, -0.15) is 0 Å². The fraction of sp³-hybridized carbons (Fsp3) is 0.875. The molecule has 0 bridgehead atoms. The van der Waals surface area contributed by atoms with Gasteiger partial charge in [-0.3, -0.25) is 0 Å². The molecule has 0 aromatic carbocycles. The Morgan fingerprint density at radius 1 is 1.17 bits per heavy atom. The van der Waals surface area contributed by atoms with Crippen LogP contribution in [0.25, 0.3) is 0 Å². The molecule has 1 saturated carbocycles. The minimum absolute atomic E-state index is 0.592. The van der Waals surface area contributed by atoms with Gasteiger partial charge in [0.25, 0.3) is 0 Å². The Balaban J connectivity index is 1.36. The first kappa shape index (κ1) is 14.1. The lowest BCUT2D eigenvalue weighted by Crippen LogP contribution is -2.18. The average Bonchev–Trinajstić information content (AvgIpc) is 3.10. The summed E-state index contributed by atoms with van der Waals surface area (Å²) in [7, 11) is 0. The monoisotopic (exact) mass is 252 g/mol. The summed E-state index contributed by atoms with van der Waals surface area (Å²) in [6.45, 7) is 7.94. The fourth-order valence-electron chi connectivity index (χ4n) is 2.87. The van der Waals surface area contributed by atoms with E-state index in [1.54, 1.807) is 0 Å². The summed E-state index contributed by atoms with van der Waals surface area (Å²) < 4.78 is 11.3. The largest absolute Gasteiger partial charge is 0.381 e. The van der Waals surface area contributed by atoms with Gasteiger partial charge in [-0.1, -0.05) is 18.4 Å². The third kappa shape index (κ3) is 5.11. The smallest absolute Gasteiger partial charge is 0.0845 e. The predicted molar refractivity (Wildman–Crippen MR) is 74.7 cm³/mol. The van der Waals surface area contributed by atoms with Crippen molar-refractivity contribution in [3.8, 4) is 0 Å². The van der Waals surface area contributed by atoms with Gasteiger partial charge in [0.15, 0.2) is 0 Å². The van der Waals surface area contributed by atoms with Crippen LogP contribution < -0.4 is 0 Å². The Bertz CT molecular complexity index is 262. The molecule has 1 aliphatic heterocycles. The maximum absolute atomic E-state index is 5.79. The second-order valence-electron chi connectivity index (χ2n) is 6.09. The SMILES string of the molecule is C=C(C)CCCCCCOCC1CCC2OC2C1. The number of epoxide rings is 1. The van der Waals surface area contributed by atoms with E-state index in [4.69, 9.17) is 9.47 Å². The molecule has 1 saturated heterocycles. The van der Waals surface area contributed by atoms with Gasteiger partial charge in [-0.15, -0.1) is 6.58 Å². The van der Waals surface area contributed by atoms with Gasteiger partial charge < -0.3 is 9.47 Å². The number of hydrogen-bond donors (Lipinski definition) is 0. The summed E-state index contributed by atoms with van der Waals surface area (Å²) in [5, 5.41) is 0. The second-order valence-corrected chi connectivity index (χ2v) is 6.09. The molecular formula is C16H28O2. The maximum Gasteiger partial charge on any atom is 0.0845 e. The zero-order valence-corrected chi connectivity index (χ0v) is 11.8. The highest BCUT2D eigenvalue weighted by Crippen LogP contribution is 2.39. The van der Waals surface area contributed by atoms with Crippen molar-refractivity contribution in [2.45, 2.75) is 70.5 Å². The quantitative estimate of drug-likeness (QED) is 0.350. The van der Waals surface area contributed by atoms with E-state index in [1.165, 1.54) is 56.9 Å². The zero-order valence-electron chi connectivity index (χ0n) is 11.8. The van der Waals surface area contributed by atoms with Crippen molar-refractivity contribution >= 4 is 0 Å². The first-order valence-corrected chi connectivity index (χ1v) is 7.63. The number of fused-ring (bicyclic) bond motifs is 1. The van der Waals surface area contributed by atoms with E-state index in [0.717, 1.165) is 19.1 Å². The minimum Gasteiger partial charge on any atom is -0.381 e. The normalized spacial score (nSPS) is 29.9. The first-order valence-electron chi connectivity index (χ1n) is 7.63. The molecule has 1 heterocycles. The Morgan fingerprint density at radius 3 is 2.78 bits per heavy atom. The van der Waals surface area contributed by atoms with Crippen molar-refractivity contribution in [2.75, 3.05) is 13.2 Å². The number of rotatable bonds is 9. The third-order valence-electron chi connectivity index (χ3n) is 4.11. The van der Waals surface area contributed by atoms with Crippen LogP contribution in [0.5, 0.6) is 0 Å². The van der Waals surface area contributed by atoms with Gasteiger partial charge in [0.1, 0.15) is 0 Å². The van der Waals surface area contributed by atoms with Crippen LogP contribution in [0.3, 0.4) is 0 Å². The number of allylic oxidation sites excluding steroid dienone is 1. The van der Waals surface area contributed by atoms with Gasteiger partial charge in [0.2, 0.25) is 0 Å². The van der Waals surface area contributed by atoms with Gasteiger partial charge >= 0.3 is 0 Å². The van der Waals surface area contributed by atoms with Gasteiger partial charge in [-0.25, -0.2) is 0 Å². The van der Waals surface area contributed by atoms with Crippen LogP contribution in [0.4, 0.5) is 0 Å². The summed E-state index contributed by atoms with van der Waals surface area (Å²) in [6.07, 6.45) is 11.3. The van der Waals surface area contributed by atoms with Crippen LogP contribution >= 0.6 is 0 Å². The highest BCUT2D eigenvalue weighted by molar-refractivity contribution is 4.91. The first-order chi connectivity index (χ1) is 8.75. The number of ether oxygens (including phenoxy) is 2. The highest BCUT2D eigenvalue weighted by Gasteiger charge is 2.43. The van der Waals surface area contributed by atoms with E-state index in [2.05, 4.69) is 13.5 Å². The Kier molecular flexibility index (Phi) is 5.71. The minimum atomic E-state index is 0.592. The fourth-order valence-corrected chi connectivity index (χ4v) is 2.87. The van der Waals surface area contributed by atoms with Crippen LogP contribution in [0, 0.1) is 5.92 Å². The molecule has 0 aromatic rings. The second kappa shape index (κ2) is 7.30. The molecule has 18 heavy (non-hydrogen) atoms. The standard InChI is InChI=1S/C16H28O2/c1-13(2)7-5-3-4-6-10-17-12-14-8-9-15-16(11-14)18-15/h14-16H,1,3-12H2,2H3. The molecule has 104 valence electrons. The number of unbranched alkanes of at least 4 members (excludes halogenated alkanes) is 3. The van der Waals surface area contributed by atoms with Crippen LogP contribution in [0.1, 0.15) is 58.3 Å². The van der Waals surface area contributed by atoms with E-state index in [-0.39, 0.29) is 0 Å². The molecule has 0 radical (unpaired) electrons. The average molecular weight is 252 g/mol. The topological polar surface area (TPSA) is 21.8 Å². The Hall–Kier alpha value is -0.340. The number of hydrogen-bond acceptors (Lipinski definition) is 2. The van der Waals surface area contributed by atoms with Crippen LogP contribution in [-0.2, 0) is 9.47 Å². The van der Waals surface area contributed by atoms with Crippen LogP contribution in [-0.4, -0.2) is 25.4 Å². The molecule has 2 fully saturated rings. The lowest BCUT2D eigenvalue weighted by atomic mass is 9.90. The summed E-state index contributed by atoms with van der Waals surface area (Å²) in [4.78, 5) is 0. The van der Waals surface area contributed by atoms with Gasteiger partial charge in [0.05, 0.1) is 12.2 Å². The summed E-state index contributed by atoms with van der Waals surface area (Å²) in [5.41, 5.74) is 1.31. The van der Waals surface area contributed by atoms with Crippen LogP contribution in [0.15, 0.2) is 12.2 Å². The molecular weight excluding hydrogens is 224 g/mol. The highest BCUT2D eigenvalue weighted by atomic mass is 16.6. The van der Waals surface area contributed by atoms with Crippen molar-refractivity contribution < 1.29 is 9.47 Å². The lowest BCUT2D eigenvalue weighted by molar-refractivity contribution is 0.0852. The molecule has 3 atom stereocenters. The van der Waals surface area contributed by atoms with Crippen LogP contribution in [0.2, 0.25) is 0 Å². The summed E-state index contributed by atoms with van der Waals surface area (Å²) >= 11 is 0. The van der Waals surface area contributed by atoms with E-state index >= 15 is 0 Å². The maximum atomic E-state index is 5.79. The molecule has 2 rings (SSSR count). The van der Waals surface area contributed by atoms with Crippen molar-refractivity contribution in [2.24, 2.45) is 5.92 Å². The molecule has 2 nitrogen and oxygen atoms in total. The molecule has 3 unspecified atom stereocenters. The summed E-state index contributed by atoms with van der Waals surface area (Å²) in [6, 6.07) is 0. The van der Waals surface area contributed by atoms with E-state index in [9.17, 15) is 0 Å². The third-order valence-corrected chi connectivity index (χ3v) is 4.11. The van der Waals surface area contributed by atoms with E-state index in [0.29, 0.717) is 12.2 Å². The van der Waals surface area contributed by atoms with E-state index in [1.807, 2.05) is 0 Å². The Labute approximate surface area is 112 Å². The molecule has 0 aromatic heterocycles. The van der Waals surface area contributed by atoms with Gasteiger partial charge in [-0.05, 0) is 51.4 Å². The molecule has 1 aliphatic carbocycles.